The minimum atomic E-state index is -4.22. The maximum atomic E-state index is 11.8. The molecule has 1 aliphatic rings. The third-order valence-corrected chi connectivity index (χ3v) is 3.73. The van der Waals surface area contributed by atoms with Crippen molar-refractivity contribution in [1.29, 1.82) is 0 Å². The molecule has 0 radical (unpaired) electrons. The van der Waals surface area contributed by atoms with Crippen molar-refractivity contribution in [3.8, 4) is 0 Å². The van der Waals surface area contributed by atoms with Crippen LogP contribution in [0.15, 0.2) is 0 Å². The van der Waals surface area contributed by atoms with Crippen molar-refractivity contribution in [2.24, 2.45) is 0 Å². The molecule has 1 fully saturated rings. The number of nitrogens with one attached hydrogen (secondary N) is 2. The van der Waals surface area contributed by atoms with E-state index in [1.165, 1.54) is 0 Å². The molecule has 0 atom stereocenters. The van der Waals surface area contributed by atoms with E-state index in [-0.39, 0.29) is 18.7 Å². The second-order valence-corrected chi connectivity index (χ2v) is 6.09. The van der Waals surface area contributed by atoms with Gasteiger partial charge in [-0.25, -0.2) is 13.1 Å². The lowest BCUT2D eigenvalue weighted by Gasteiger charge is -2.08. The summed E-state index contributed by atoms with van der Waals surface area (Å²) in [6.07, 6.45) is -3.27. The zero-order chi connectivity index (χ0) is 12.9. The van der Waals surface area contributed by atoms with Gasteiger partial charge in [-0.15, -0.1) is 0 Å². The standard InChI is InChI=1S/C9H17F3N2O2S/c10-9(11,12)4-1-5-14-17(15,16)7-6-13-8-2-3-8/h8,13-14H,1-7H2. The van der Waals surface area contributed by atoms with Crippen LogP contribution in [0.5, 0.6) is 0 Å². The van der Waals surface area contributed by atoms with E-state index >= 15 is 0 Å². The van der Waals surface area contributed by atoms with Crippen LogP contribution in [0.4, 0.5) is 13.2 Å². The fourth-order valence-electron chi connectivity index (χ4n) is 1.27. The summed E-state index contributed by atoms with van der Waals surface area (Å²) in [6.45, 7) is 0.185. The van der Waals surface area contributed by atoms with Crippen LogP contribution in [0.2, 0.25) is 0 Å². The zero-order valence-corrected chi connectivity index (χ0v) is 10.2. The molecule has 0 amide bonds. The average Bonchev–Trinajstić information content (AvgIpc) is 2.95. The second-order valence-electron chi connectivity index (χ2n) is 4.16. The van der Waals surface area contributed by atoms with Crippen molar-refractivity contribution in [1.82, 2.24) is 10.0 Å². The first kappa shape index (κ1) is 14.7. The Bertz CT molecular complexity index is 326. The minimum Gasteiger partial charge on any atom is -0.313 e. The van der Waals surface area contributed by atoms with Gasteiger partial charge in [-0.2, -0.15) is 13.2 Å². The molecule has 1 aliphatic carbocycles. The van der Waals surface area contributed by atoms with Gasteiger partial charge in [0.25, 0.3) is 0 Å². The van der Waals surface area contributed by atoms with Crippen LogP contribution >= 0.6 is 0 Å². The maximum absolute atomic E-state index is 11.8. The van der Waals surface area contributed by atoms with E-state index in [4.69, 9.17) is 0 Å². The van der Waals surface area contributed by atoms with E-state index in [9.17, 15) is 21.6 Å². The quantitative estimate of drug-likeness (QED) is 0.649. The van der Waals surface area contributed by atoms with E-state index in [0.717, 1.165) is 12.8 Å². The van der Waals surface area contributed by atoms with Crippen molar-refractivity contribution >= 4 is 10.0 Å². The number of rotatable bonds is 8. The highest BCUT2D eigenvalue weighted by Gasteiger charge is 2.26. The lowest BCUT2D eigenvalue weighted by Crippen LogP contribution is -2.33. The molecule has 0 saturated heterocycles. The number of halogens is 3. The van der Waals surface area contributed by atoms with Gasteiger partial charge >= 0.3 is 6.18 Å². The van der Waals surface area contributed by atoms with Gasteiger partial charge in [-0.3, -0.25) is 0 Å². The van der Waals surface area contributed by atoms with Gasteiger partial charge < -0.3 is 5.32 Å². The van der Waals surface area contributed by atoms with Crippen LogP contribution in [0.1, 0.15) is 25.7 Å². The molecule has 0 unspecified atom stereocenters. The first-order chi connectivity index (χ1) is 7.79. The molecule has 102 valence electrons. The van der Waals surface area contributed by atoms with Crippen molar-refractivity contribution in [2.45, 2.75) is 37.9 Å². The van der Waals surface area contributed by atoms with E-state index in [0.29, 0.717) is 12.6 Å². The molecule has 1 rings (SSSR count). The van der Waals surface area contributed by atoms with Gasteiger partial charge in [0.2, 0.25) is 10.0 Å². The first-order valence-corrected chi connectivity index (χ1v) is 7.21. The SMILES string of the molecule is O=S(=O)(CCNC1CC1)NCCCC(F)(F)F. The Hall–Kier alpha value is -0.340. The summed E-state index contributed by atoms with van der Waals surface area (Å²) < 4.78 is 60.2. The lowest BCUT2D eigenvalue weighted by atomic mass is 10.3. The second kappa shape index (κ2) is 6.01. The summed E-state index contributed by atoms with van der Waals surface area (Å²) in [4.78, 5) is 0. The topological polar surface area (TPSA) is 58.2 Å². The predicted molar refractivity (Wildman–Crippen MR) is 58.1 cm³/mol. The van der Waals surface area contributed by atoms with Gasteiger partial charge in [0.1, 0.15) is 0 Å². The van der Waals surface area contributed by atoms with Crippen LogP contribution in [0.3, 0.4) is 0 Å². The molecule has 0 heterocycles. The molecule has 0 aromatic heterocycles. The Labute approximate surface area is 99.0 Å². The molecule has 4 nitrogen and oxygen atoms in total. The van der Waals surface area contributed by atoms with Crippen molar-refractivity contribution in [3.63, 3.8) is 0 Å². The molecule has 17 heavy (non-hydrogen) atoms. The molecular weight excluding hydrogens is 257 g/mol. The van der Waals surface area contributed by atoms with Gasteiger partial charge in [0, 0.05) is 25.6 Å². The fourth-order valence-corrected chi connectivity index (χ4v) is 2.26. The Balaban J connectivity index is 2.06. The fraction of sp³-hybridized carbons (Fsp3) is 1.00. The molecule has 0 spiro atoms. The van der Waals surface area contributed by atoms with Gasteiger partial charge in [0.15, 0.2) is 0 Å². The molecule has 8 heteroatoms. The summed E-state index contributed by atoms with van der Waals surface area (Å²) in [5, 5.41) is 3.03. The van der Waals surface area contributed by atoms with Gasteiger partial charge in [-0.05, 0) is 19.3 Å². The third-order valence-electron chi connectivity index (χ3n) is 2.34. The Kier molecular flexibility index (Phi) is 5.21. The summed E-state index contributed by atoms with van der Waals surface area (Å²) in [5.74, 6) is -0.0878. The Morgan fingerprint density at radius 2 is 1.82 bits per heavy atom. The molecule has 0 aromatic carbocycles. The number of hydrogen-bond acceptors (Lipinski definition) is 3. The van der Waals surface area contributed by atoms with Crippen molar-refractivity contribution in [2.75, 3.05) is 18.8 Å². The Morgan fingerprint density at radius 1 is 1.18 bits per heavy atom. The summed E-state index contributed by atoms with van der Waals surface area (Å²) in [6, 6.07) is 0.426. The molecule has 0 aliphatic heterocycles. The first-order valence-electron chi connectivity index (χ1n) is 5.56. The highest BCUT2D eigenvalue weighted by Crippen LogP contribution is 2.20. The third kappa shape index (κ3) is 8.39. The van der Waals surface area contributed by atoms with Crippen LogP contribution in [0, 0.1) is 0 Å². The van der Waals surface area contributed by atoms with Gasteiger partial charge in [-0.1, -0.05) is 0 Å². The number of hydrogen-bond donors (Lipinski definition) is 2. The zero-order valence-electron chi connectivity index (χ0n) is 9.39. The van der Waals surface area contributed by atoms with Crippen LogP contribution in [-0.2, 0) is 10.0 Å². The van der Waals surface area contributed by atoms with E-state index in [1.807, 2.05) is 0 Å². The number of sulfonamides is 1. The average molecular weight is 274 g/mol. The van der Waals surface area contributed by atoms with Crippen molar-refractivity contribution in [3.05, 3.63) is 0 Å². The Morgan fingerprint density at radius 3 is 2.35 bits per heavy atom. The van der Waals surface area contributed by atoms with Crippen LogP contribution < -0.4 is 10.0 Å². The monoisotopic (exact) mass is 274 g/mol. The summed E-state index contributed by atoms with van der Waals surface area (Å²) >= 11 is 0. The molecule has 2 N–H and O–H groups in total. The van der Waals surface area contributed by atoms with Crippen LogP contribution in [-0.4, -0.2) is 39.5 Å². The molecule has 1 saturated carbocycles. The maximum Gasteiger partial charge on any atom is 0.389 e. The molecule has 0 aromatic rings. The van der Waals surface area contributed by atoms with Crippen LogP contribution in [0.25, 0.3) is 0 Å². The van der Waals surface area contributed by atoms with E-state index < -0.39 is 22.6 Å². The van der Waals surface area contributed by atoms with Gasteiger partial charge in [0.05, 0.1) is 5.75 Å². The summed E-state index contributed by atoms with van der Waals surface area (Å²) in [5.41, 5.74) is 0. The summed E-state index contributed by atoms with van der Waals surface area (Å²) in [7, 11) is -3.45. The van der Waals surface area contributed by atoms with E-state index in [1.54, 1.807) is 0 Å². The molecule has 0 bridgehead atoms. The predicted octanol–water partition coefficient (Wildman–Crippen LogP) is 1.00. The highest BCUT2D eigenvalue weighted by atomic mass is 32.2. The largest absolute Gasteiger partial charge is 0.389 e. The molecular formula is C9H17F3N2O2S. The highest BCUT2D eigenvalue weighted by molar-refractivity contribution is 7.89. The van der Waals surface area contributed by atoms with E-state index in [2.05, 4.69) is 10.0 Å². The smallest absolute Gasteiger partial charge is 0.313 e. The lowest BCUT2D eigenvalue weighted by molar-refractivity contribution is -0.135. The minimum absolute atomic E-state index is 0.0878. The number of alkyl halides is 3. The normalized spacial score (nSPS) is 17.4. The van der Waals surface area contributed by atoms with Crippen molar-refractivity contribution < 1.29 is 21.6 Å².